The van der Waals surface area contributed by atoms with E-state index in [1.54, 1.807) is 0 Å². The van der Waals surface area contributed by atoms with Gasteiger partial charge in [-0.3, -0.25) is 4.98 Å². The predicted molar refractivity (Wildman–Crippen MR) is 77.1 cm³/mol. The number of hydrogen-bond acceptors (Lipinski definition) is 3. The summed E-state index contributed by atoms with van der Waals surface area (Å²) in [4.78, 5) is 4.37. The molecular weight excluding hydrogens is 236 g/mol. The second-order valence-electron chi connectivity index (χ2n) is 4.45. The Morgan fingerprint density at radius 3 is 2.84 bits per heavy atom. The molecule has 0 aliphatic carbocycles. The van der Waals surface area contributed by atoms with Gasteiger partial charge in [0.05, 0.1) is 12.3 Å². The monoisotopic (exact) mass is 256 g/mol. The van der Waals surface area contributed by atoms with Crippen molar-refractivity contribution in [3.63, 3.8) is 0 Å². The lowest BCUT2D eigenvalue weighted by Crippen LogP contribution is -2.14. The molecular formula is C16H20N2O. The first kappa shape index (κ1) is 13.6. The summed E-state index contributed by atoms with van der Waals surface area (Å²) in [6, 6.07) is 12.2. The van der Waals surface area contributed by atoms with Crippen LogP contribution in [0.3, 0.4) is 0 Å². The zero-order valence-electron chi connectivity index (χ0n) is 11.5. The summed E-state index contributed by atoms with van der Waals surface area (Å²) in [7, 11) is 0. The van der Waals surface area contributed by atoms with Crippen LogP contribution in [0.15, 0.2) is 42.6 Å². The highest BCUT2D eigenvalue weighted by molar-refractivity contribution is 5.28. The van der Waals surface area contributed by atoms with Gasteiger partial charge in [0.2, 0.25) is 0 Å². The van der Waals surface area contributed by atoms with Crippen LogP contribution >= 0.6 is 0 Å². The van der Waals surface area contributed by atoms with Gasteiger partial charge in [0.15, 0.2) is 0 Å². The van der Waals surface area contributed by atoms with Crippen LogP contribution < -0.4 is 10.1 Å². The molecule has 0 aliphatic rings. The van der Waals surface area contributed by atoms with E-state index in [0.29, 0.717) is 6.61 Å². The zero-order chi connectivity index (χ0) is 13.5. The Labute approximate surface area is 114 Å². The SMILES string of the molecule is CCOc1cccc(CNCc2ncccc2C)c1. The molecule has 0 spiro atoms. The Kier molecular flexibility index (Phi) is 4.93. The molecule has 0 amide bonds. The van der Waals surface area contributed by atoms with E-state index in [2.05, 4.69) is 35.4 Å². The van der Waals surface area contributed by atoms with Crippen molar-refractivity contribution < 1.29 is 4.74 Å². The van der Waals surface area contributed by atoms with Crippen LogP contribution in [0, 0.1) is 6.92 Å². The van der Waals surface area contributed by atoms with Gasteiger partial charge in [0.25, 0.3) is 0 Å². The Bertz CT molecular complexity index is 526. The molecule has 1 N–H and O–H groups in total. The van der Waals surface area contributed by atoms with Crippen molar-refractivity contribution in [2.24, 2.45) is 0 Å². The number of nitrogens with zero attached hydrogens (tertiary/aromatic N) is 1. The number of aromatic nitrogens is 1. The van der Waals surface area contributed by atoms with Crippen molar-refractivity contribution >= 4 is 0 Å². The average molecular weight is 256 g/mol. The molecule has 0 aliphatic heterocycles. The van der Waals surface area contributed by atoms with Gasteiger partial charge in [-0.15, -0.1) is 0 Å². The normalized spacial score (nSPS) is 10.4. The minimum absolute atomic E-state index is 0.698. The lowest BCUT2D eigenvalue weighted by Gasteiger charge is -2.08. The van der Waals surface area contributed by atoms with Crippen LogP contribution in [-0.2, 0) is 13.1 Å². The molecule has 0 radical (unpaired) electrons. The summed E-state index contributed by atoms with van der Waals surface area (Å²) in [6.07, 6.45) is 1.83. The van der Waals surface area contributed by atoms with E-state index in [4.69, 9.17) is 4.74 Å². The highest BCUT2D eigenvalue weighted by Gasteiger charge is 1.99. The molecule has 2 aromatic rings. The van der Waals surface area contributed by atoms with Gasteiger partial charge >= 0.3 is 0 Å². The maximum absolute atomic E-state index is 5.49. The first-order valence-corrected chi connectivity index (χ1v) is 6.62. The molecule has 0 saturated heterocycles. The second-order valence-corrected chi connectivity index (χ2v) is 4.45. The summed E-state index contributed by atoms with van der Waals surface area (Å²) in [6.45, 7) is 6.38. The van der Waals surface area contributed by atoms with Crippen LogP contribution in [0.25, 0.3) is 0 Å². The van der Waals surface area contributed by atoms with E-state index in [1.807, 2.05) is 31.3 Å². The first-order valence-electron chi connectivity index (χ1n) is 6.62. The van der Waals surface area contributed by atoms with E-state index in [-0.39, 0.29) is 0 Å². The first-order chi connectivity index (χ1) is 9.29. The minimum atomic E-state index is 0.698. The third kappa shape index (κ3) is 4.07. The van der Waals surface area contributed by atoms with Crippen LogP contribution in [0.1, 0.15) is 23.7 Å². The molecule has 0 atom stereocenters. The lowest BCUT2D eigenvalue weighted by atomic mass is 10.2. The summed E-state index contributed by atoms with van der Waals surface area (Å²) in [5.41, 5.74) is 3.54. The smallest absolute Gasteiger partial charge is 0.119 e. The summed E-state index contributed by atoms with van der Waals surface area (Å²) in [5, 5.41) is 3.41. The van der Waals surface area contributed by atoms with E-state index in [0.717, 1.165) is 24.5 Å². The van der Waals surface area contributed by atoms with Crippen LogP contribution in [0.5, 0.6) is 5.75 Å². The maximum Gasteiger partial charge on any atom is 0.119 e. The molecule has 3 nitrogen and oxygen atoms in total. The Hall–Kier alpha value is -1.87. The third-order valence-corrected chi connectivity index (χ3v) is 2.95. The van der Waals surface area contributed by atoms with Gasteiger partial charge in [-0.2, -0.15) is 0 Å². The van der Waals surface area contributed by atoms with Gasteiger partial charge in [0, 0.05) is 19.3 Å². The van der Waals surface area contributed by atoms with Crippen molar-refractivity contribution in [3.05, 3.63) is 59.4 Å². The van der Waals surface area contributed by atoms with E-state index in [9.17, 15) is 0 Å². The lowest BCUT2D eigenvalue weighted by molar-refractivity contribution is 0.340. The summed E-state index contributed by atoms with van der Waals surface area (Å²) < 4.78 is 5.49. The molecule has 0 saturated carbocycles. The van der Waals surface area contributed by atoms with Crippen LogP contribution in [-0.4, -0.2) is 11.6 Å². The van der Waals surface area contributed by atoms with Crippen LogP contribution in [0.2, 0.25) is 0 Å². The molecule has 3 heteroatoms. The van der Waals surface area contributed by atoms with Gasteiger partial charge in [-0.1, -0.05) is 18.2 Å². The van der Waals surface area contributed by atoms with Crippen molar-refractivity contribution in [1.29, 1.82) is 0 Å². The molecule has 1 aromatic carbocycles. The standard InChI is InChI=1S/C16H20N2O/c1-3-19-15-8-4-7-14(10-15)11-17-12-16-13(2)6-5-9-18-16/h4-10,17H,3,11-12H2,1-2H3. The van der Waals surface area contributed by atoms with Crippen molar-refractivity contribution in [2.45, 2.75) is 26.9 Å². The molecule has 19 heavy (non-hydrogen) atoms. The predicted octanol–water partition coefficient (Wildman–Crippen LogP) is 3.08. The maximum atomic E-state index is 5.49. The number of pyridine rings is 1. The largest absolute Gasteiger partial charge is 0.494 e. The molecule has 1 aromatic heterocycles. The van der Waals surface area contributed by atoms with Crippen molar-refractivity contribution in [3.8, 4) is 5.75 Å². The zero-order valence-corrected chi connectivity index (χ0v) is 11.5. The number of benzene rings is 1. The highest BCUT2D eigenvalue weighted by atomic mass is 16.5. The van der Waals surface area contributed by atoms with E-state index < -0.39 is 0 Å². The fourth-order valence-corrected chi connectivity index (χ4v) is 1.94. The summed E-state index contributed by atoms with van der Waals surface area (Å²) >= 11 is 0. The molecule has 100 valence electrons. The quantitative estimate of drug-likeness (QED) is 0.862. The number of hydrogen-bond donors (Lipinski definition) is 1. The van der Waals surface area contributed by atoms with Crippen molar-refractivity contribution in [2.75, 3.05) is 6.61 Å². The average Bonchev–Trinajstić information content (AvgIpc) is 2.42. The second kappa shape index (κ2) is 6.90. The highest BCUT2D eigenvalue weighted by Crippen LogP contribution is 2.13. The Morgan fingerprint density at radius 2 is 2.05 bits per heavy atom. The number of nitrogens with one attached hydrogen (secondary N) is 1. The molecule has 0 bridgehead atoms. The van der Waals surface area contributed by atoms with Gasteiger partial charge < -0.3 is 10.1 Å². The minimum Gasteiger partial charge on any atom is -0.494 e. The Morgan fingerprint density at radius 1 is 1.16 bits per heavy atom. The van der Waals surface area contributed by atoms with E-state index in [1.165, 1.54) is 11.1 Å². The number of aryl methyl sites for hydroxylation is 1. The fourth-order valence-electron chi connectivity index (χ4n) is 1.94. The Balaban J connectivity index is 1.89. The van der Waals surface area contributed by atoms with Crippen molar-refractivity contribution in [1.82, 2.24) is 10.3 Å². The molecule has 0 unspecified atom stereocenters. The fraction of sp³-hybridized carbons (Fsp3) is 0.312. The van der Waals surface area contributed by atoms with Crippen LogP contribution in [0.4, 0.5) is 0 Å². The molecule has 2 rings (SSSR count). The van der Waals surface area contributed by atoms with Gasteiger partial charge in [-0.25, -0.2) is 0 Å². The number of rotatable bonds is 6. The number of ether oxygens (including phenoxy) is 1. The molecule has 1 heterocycles. The van der Waals surface area contributed by atoms with Gasteiger partial charge in [-0.05, 0) is 43.2 Å². The topological polar surface area (TPSA) is 34.1 Å². The summed E-state index contributed by atoms with van der Waals surface area (Å²) in [5.74, 6) is 0.927. The van der Waals surface area contributed by atoms with Gasteiger partial charge in [0.1, 0.15) is 5.75 Å². The molecule has 0 fully saturated rings. The third-order valence-electron chi connectivity index (χ3n) is 2.95. The van der Waals surface area contributed by atoms with E-state index >= 15 is 0 Å².